The van der Waals surface area contributed by atoms with Gasteiger partial charge in [-0.3, -0.25) is 4.40 Å². The van der Waals surface area contributed by atoms with Crippen LogP contribution >= 0.6 is 0 Å². The van der Waals surface area contributed by atoms with Gasteiger partial charge in [0.15, 0.2) is 0 Å². The van der Waals surface area contributed by atoms with Crippen LogP contribution in [0.2, 0.25) is 0 Å². The minimum atomic E-state index is 0.0153. The van der Waals surface area contributed by atoms with Gasteiger partial charge < -0.3 is 0 Å². The largest absolute Gasteiger partial charge is 0.299 e. The van der Waals surface area contributed by atoms with Crippen LogP contribution in [0.15, 0.2) is 60.9 Å². The van der Waals surface area contributed by atoms with Gasteiger partial charge in [-0.05, 0) is 11.5 Å². The number of pyridine rings is 1. The zero-order valence-corrected chi connectivity index (χ0v) is 9.01. The number of imidazole rings is 1. The standard InChI is InChI=1S/C15H10N2/c1-2-7-13-11(5-1)12-6-3-4-8-14(12)17-10-9-16-15(13)17/h1-10H/i9D,10D. The summed E-state index contributed by atoms with van der Waals surface area (Å²) < 4.78 is 17.6. The summed E-state index contributed by atoms with van der Waals surface area (Å²) in [4.78, 5) is 4.23. The van der Waals surface area contributed by atoms with E-state index in [1.165, 1.54) is 0 Å². The normalized spacial score (nSPS) is 13.2. The molecule has 0 N–H and O–H groups in total. The monoisotopic (exact) mass is 220 g/mol. The fraction of sp³-hybridized carbons (Fsp3) is 0. The molecule has 0 atom stereocenters. The second kappa shape index (κ2) is 3.08. The molecule has 0 fully saturated rings. The lowest BCUT2D eigenvalue weighted by atomic mass is 10.1. The van der Waals surface area contributed by atoms with Crippen LogP contribution in [0.5, 0.6) is 0 Å². The summed E-state index contributed by atoms with van der Waals surface area (Å²) in [5.41, 5.74) is 1.61. The van der Waals surface area contributed by atoms with Gasteiger partial charge in [0.05, 0.1) is 8.26 Å². The highest BCUT2D eigenvalue weighted by molar-refractivity contribution is 6.11. The molecule has 0 spiro atoms. The Bertz CT molecular complexity index is 941. The van der Waals surface area contributed by atoms with Crippen molar-refractivity contribution in [2.75, 3.05) is 0 Å². The van der Waals surface area contributed by atoms with Crippen molar-refractivity contribution < 1.29 is 2.74 Å². The van der Waals surface area contributed by atoms with Gasteiger partial charge >= 0.3 is 0 Å². The smallest absolute Gasteiger partial charge is 0.145 e. The Kier molecular flexibility index (Phi) is 1.28. The predicted octanol–water partition coefficient (Wildman–Crippen LogP) is 3.64. The second-order valence-electron chi connectivity index (χ2n) is 4.06. The van der Waals surface area contributed by atoms with Gasteiger partial charge in [-0.15, -0.1) is 0 Å². The molecule has 17 heavy (non-hydrogen) atoms. The molecule has 2 aromatic heterocycles. The van der Waals surface area contributed by atoms with E-state index < -0.39 is 0 Å². The van der Waals surface area contributed by atoms with Crippen LogP contribution in [0.4, 0.5) is 0 Å². The van der Waals surface area contributed by atoms with Crippen molar-refractivity contribution in [3.8, 4) is 0 Å². The molecular formula is C15H10N2. The highest BCUT2D eigenvalue weighted by Gasteiger charge is 2.07. The molecule has 0 aliphatic carbocycles. The van der Waals surface area contributed by atoms with E-state index in [-0.39, 0.29) is 12.3 Å². The quantitative estimate of drug-likeness (QED) is 0.413. The SMILES string of the molecule is [2H]c1nc2c3ccccc3c3ccccc3n2c1[2H]. The van der Waals surface area contributed by atoms with Gasteiger partial charge in [-0.2, -0.15) is 0 Å². The van der Waals surface area contributed by atoms with Crippen molar-refractivity contribution in [3.63, 3.8) is 0 Å². The van der Waals surface area contributed by atoms with Gasteiger partial charge in [0.1, 0.15) is 5.65 Å². The van der Waals surface area contributed by atoms with E-state index in [9.17, 15) is 0 Å². The van der Waals surface area contributed by atoms with E-state index in [2.05, 4.69) is 11.1 Å². The van der Waals surface area contributed by atoms with E-state index in [4.69, 9.17) is 2.74 Å². The lowest BCUT2D eigenvalue weighted by Gasteiger charge is -2.07. The third-order valence-corrected chi connectivity index (χ3v) is 3.14. The molecule has 4 aromatic rings. The maximum Gasteiger partial charge on any atom is 0.145 e. The average Bonchev–Trinajstić information content (AvgIpc) is 2.76. The van der Waals surface area contributed by atoms with Crippen LogP contribution in [-0.2, 0) is 0 Å². The van der Waals surface area contributed by atoms with Crippen LogP contribution in [0.3, 0.4) is 0 Å². The molecule has 4 rings (SSSR count). The molecule has 0 saturated heterocycles. The van der Waals surface area contributed by atoms with Crippen LogP contribution in [0.1, 0.15) is 2.74 Å². The number of fused-ring (bicyclic) bond motifs is 6. The topological polar surface area (TPSA) is 17.3 Å². The van der Waals surface area contributed by atoms with E-state index >= 15 is 0 Å². The molecule has 0 amide bonds. The maximum atomic E-state index is 8.04. The first-order chi connectivity index (χ1) is 9.27. The summed E-state index contributed by atoms with van der Waals surface area (Å²) >= 11 is 0. The molecular weight excluding hydrogens is 208 g/mol. The molecule has 0 radical (unpaired) electrons. The van der Waals surface area contributed by atoms with Crippen molar-refractivity contribution in [2.45, 2.75) is 0 Å². The summed E-state index contributed by atoms with van der Waals surface area (Å²) in [6, 6.07) is 15.9. The summed E-state index contributed by atoms with van der Waals surface area (Å²) in [5, 5.41) is 3.17. The lowest BCUT2D eigenvalue weighted by Crippen LogP contribution is -1.89. The Morgan fingerprint density at radius 3 is 2.47 bits per heavy atom. The number of aromatic nitrogens is 2. The van der Waals surface area contributed by atoms with Crippen molar-refractivity contribution in [2.24, 2.45) is 0 Å². The minimum Gasteiger partial charge on any atom is -0.299 e. The van der Waals surface area contributed by atoms with Crippen molar-refractivity contribution in [1.82, 2.24) is 9.38 Å². The summed E-state index contributed by atoms with van der Waals surface area (Å²) in [6.45, 7) is 0. The molecule has 0 aliphatic heterocycles. The highest BCUT2D eigenvalue weighted by atomic mass is 15.0. The molecule has 0 aliphatic rings. The third kappa shape index (κ3) is 1.07. The van der Waals surface area contributed by atoms with Crippen molar-refractivity contribution >= 4 is 27.3 Å². The summed E-state index contributed by atoms with van der Waals surface area (Å²) in [5.74, 6) is 0. The number of nitrogens with zero attached hydrogens (tertiary/aromatic N) is 2. The van der Waals surface area contributed by atoms with Crippen molar-refractivity contribution in [1.29, 1.82) is 0 Å². The van der Waals surface area contributed by atoms with Crippen LogP contribution in [-0.4, -0.2) is 9.38 Å². The highest BCUT2D eigenvalue weighted by Crippen LogP contribution is 2.28. The first-order valence-electron chi connectivity index (χ1n) is 6.52. The molecule has 0 saturated carbocycles. The van der Waals surface area contributed by atoms with E-state index in [0.29, 0.717) is 5.65 Å². The molecule has 80 valence electrons. The Morgan fingerprint density at radius 1 is 0.882 bits per heavy atom. The van der Waals surface area contributed by atoms with Gasteiger partial charge in [0.2, 0.25) is 0 Å². The number of benzene rings is 2. The predicted molar refractivity (Wildman–Crippen MR) is 70.2 cm³/mol. The van der Waals surface area contributed by atoms with Crippen LogP contribution in [0.25, 0.3) is 27.3 Å². The molecule has 0 unspecified atom stereocenters. The van der Waals surface area contributed by atoms with Crippen molar-refractivity contribution in [3.05, 3.63) is 60.9 Å². The Balaban J connectivity index is 2.47. The zero-order chi connectivity index (χ0) is 13.0. The fourth-order valence-electron chi connectivity index (χ4n) is 2.40. The molecule has 2 nitrogen and oxygen atoms in total. The zero-order valence-electron chi connectivity index (χ0n) is 11.0. The average molecular weight is 220 g/mol. The summed E-state index contributed by atoms with van der Waals surface area (Å²) in [6.07, 6.45) is 0.151. The number of rotatable bonds is 0. The van der Waals surface area contributed by atoms with Crippen LogP contribution in [0, 0.1) is 0 Å². The second-order valence-corrected chi connectivity index (χ2v) is 4.06. The van der Waals surface area contributed by atoms with Crippen LogP contribution < -0.4 is 0 Å². The maximum absolute atomic E-state index is 8.04. The van der Waals surface area contributed by atoms with Gasteiger partial charge in [-0.1, -0.05) is 42.5 Å². The first-order valence-corrected chi connectivity index (χ1v) is 5.52. The molecule has 2 heterocycles. The van der Waals surface area contributed by atoms with E-state index in [1.54, 1.807) is 4.40 Å². The Labute approximate surface area is 101 Å². The number of hydrogen-bond acceptors (Lipinski definition) is 1. The minimum absolute atomic E-state index is 0.0153. The number of hydrogen-bond donors (Lipinski definition) is 0. The summed E-state index contributed by atoms with van der Waals surface area (Å²) in [7, 11) is 0. The molecule has 0 bridgehead atoms. The Hall–Kier alpha value is -2.35. The van der Waals surface area contributed by atoms with Gasteiger partial charge in [-0.25, -0.2) is 4.98 Å². The lowest BCUT2D eigenvalue weighted by molar-refractivity contribution is 1.27. The van der Waals surface area contributed by atoms with Gasteiger partial charge in [0.25, 0.3) is 0 Å². The molecule has 2 aromatic carbocycles. The number of para-hydroxylation sites is 1. The first kappa shape index (κ1) is 7.07. The van der Waals surface area contributed by atoms with E-state index in [0.717, 1.165) is 21.7 Å². The van der Waals surface area contributed by atoms with E-state index in [1.807, 2.05) is 42.5 Å². The third-order valence-electron chi connectivity index (χ3n) is 3.14. The Morgan fingerprint density at radius 2 is 1.59 bits per heavy atom. The van der Waals surface area contributed by atoms with Gasteiger partial charge in [0, 0.05) is 23.1 Å². The molecule has 2 heteroatoms. The fourth-order valence-corrected chi connectivity index (χ4v) is 2.40.